The summed E-state index contributed by atoms with van der Waals surface area (Å²) in [6.07, 6.45) is 0.101. The Balaban J connectivity index is 1.40. The molecule has 1 atom stereocenters. The molecule has 2 heterocycles. The number of benzene rings is 2. The summed E-state index contributed by atoms with van der Waals surface area (Å²) < 4.78 is 46.6. The molecule has 1 fully saturated rings. The van der Waals surface area contributed by atoms with Crippen LogP contribution in [0.4, 0.5) is 10.1 Å². The first-order valence-electron chi connectivity index (χ1n) is 10.8. The van der Waals surface area contributed by atoms with Crippen molar-refractivity contribution in [1.29, 1.82) is 0 Å². The first kappa shape index (κ1) is 23.2. The van der Waals surface area contributed by atoms with Gasteiger partial charge in [-0.1, -0.05) is 12.1 Å². The standard InChI is InChI=1S/C23H26FN3O5S/c1-14-11-19-20(32-15(2)22(28)26-19)12-21(14)33(30,31)27-9-7-17(8-10-27)23(29)25-13-16-3-5-18(24)6-4-16/h3-6,11-12,15,17H,7-10,13H2,1-2H3,(H,25,29)(H,26,28)/t15-/m1/s1. The Kier molecular flexibility index (Phi) is 6.40. The van der Waals surface area contributed by atoms with Crippen LogP contribution in [0.5, 0.6) is 5.75 Å². The number of hydrogen-bond acceptors (Lipinski definition) is 5. The summed E-state index contributed by atoms with van der Waals surface area (Å²) in [7, 11) is -3.79. The first-order chi connectivity index (χ1) is 15.6. The third kappa shape index (κ3) is 4.86. The lowest BCUT2D eigenvalue weighted by Crippen LogP contribution is -2.43. The molecule has 1 saturated heterocycles. The fraction of sp³-hybridized carbons (Fsp3) is 0.391. The maximum atomic E-state index is 13.3. The summed E-state index contributed by atoms with van der Waals surface area (Å²) in [5.41, 5.74) is 1.75. The zero-order chi connectivity index (χ0) is 23.8. The Labute approximate surface area is 192 Å². The molecule has 2 aromatic rings. The molecule has 176 valence electrons. The number of halogens is 1. The van der Waals surface area contributed by atoms with Gasteiger partial charge in [-0.2, -0.15) is 4.31 Å². The van der Waals surface area contributed by atoms with E-state index >= 15 is 0 Å². The Bertz CT molecular complexity index is 1180. The predicted octanol–water partition coefficient (Wildman–Crippen LogP) is 2.57. The summed E-state index contributed by atoms with van der Waals surface area (Å²) in [4.78, 5) is 24.5. The normalized spacial score (nSPS) is 19.4. The van der Waals surface area contributed by atoms with E-state index in [4.69, 9.17) is 4.74 Å². The van der Waals surface area contributed by atoms with Gasteiger partial charge in [0.25, 0.3) is 5.91 Å². The van der Waals surface area contributed by atoms with E-state index in [1.807, 2.05) is 0 Å². The number of anilines is 1. The fourth-order valence-corrected chi connectivity index (χ4v) is 5.75. The molecule has 2 aliphatic heterocycles. The maximum absolute atomic E-state index is 13.3. The number of carbonyl (C=O) groups is 2. The number of nitrogens with one attached hydrogen (secondary N) is 2. The van der Waals surface area contributed by atoms with Gasteiger partial charge in [-0.3, -0.25) is 9.59 Å². The number of ether oxygens (including phenoxy) is 1. The minimum Gasteiger partial charge on any atom is -0.479 e. The molecular formula is C23H26FN3O5S. The van der Waals surface area contributed by atoms with Crippen molar-refractivity contribution in [3.8, 4) is 5.75 Å². The van der Waals surface area contributed by atoms with Crippen LogP contribution in [0.2, 0.25) is 0 Å². The minimum atomic E-state index is -3.79. The van der Waals surface area contributed by atoms with Gasteiger partial charge in [0.05, 0.1) is 10.6 Å². The number of nitrogens with zero attached hydrogens (tertiary/aromatic N) is 1. The van der Waals surface area contributed by atoms with Crippen LogP contribution in [0.3, 0.4) is 0 Å². The smallest absolute Gasteiger partial charge is 0.265 e. The van der Waals surface area contributed by atoms with Gasteiger partial charge in [0.2, 0.25) is 15.9 Å². The highest BCUT2D eigenvalue weighted by molar-refractivity contribution is 7.89. The fourth-order valence-electron chi connectivity index (χ4n) is 4.05. The van der Waals surface area contributed by atoms with Crippen molar-refractivity contribution in [3.63, 3.8) is 0 Å². The van der Waals surface area contributed by atoms with Crippen LogP contribution in [-0.2, 0) is 26.2 Å². The van der Waals surface area contributed by atoms with Gasteiger partial charge in [0.1, 0.15) is 11.6 Å². The second-order valence-electron chi connectivity index (χ2n) is 8.39. The van der Waals surface area contributed by atoms with E-state index in [1.165, 1.54) is 22.5 Å². The Morgan fingerprint density at radius 2 is 1.88 bits per heavy atom. The Morgan fingerprint density at radius 1 is 1.21 bits per heavy atom. The number of fused-ring (bicyclic) bond motifs is 1. The van der Waals surface area contributed by atoms with Crippen LogP contribution >= 0.6 is 0 Å². The van der Waals surface area contributed by atoms with E-state index < -0.39 is 16.1 Å². The number of amides is 2. The van der Waals surface area contributed by atoms with E-state index in [9.17, 15) is 22.4 Å². The zero-order valence-corrected chi connectivity index (χ0v) is 19.2. The number of piperidine rings is 1. The lowest BCUT2D eigenvalue weighted by molar-refractivity contribution is -0.126. The van der Waals surface area contributed by atoms with E-state index in [0.717, 1.165) is 5.56 Å². The van der Waals surface area contributed by atoms with Gasteiger partial charge in [0, 0.05) is 31.6 Å². The molecular weight excluding hydrogens is 449 g/mol. The average molecular weight is 476 g/mol. The summed E-state index contributed by atoms with van der Waals surface area (Å²) >= 11 is 0. The molecule has 4 rings (SSSR count). The van der Waals surface area contributed by atoms with Crippen LogP contribution in [0.15, 0.2) is 41.3 Å². The van der Waals surface area contributed by atoms with Crippen molar-refractivity contribution in [2.75, 3.05) is 18.4 Å². The number of carbonyl (C=O) groups excluding carboxylic acids is 2. The second kappa shape index (κ2) is 9.11. The maximum Gasteiger partial charge on any atom is 0.265 e. The highest BCUT2D eigenvalue weighted by Crippen LogP contribution is 2.36. The molecule has 0 bridgehead atoms. The van der Waals surface area contributed by atoms with Crippen molar-refractivity contribution >= 4 is 27.5 Å². The Morgan fingerprint density at radius 3 is 2.55 bits per heavy atom. The van der Waals surface area contributed by atoms with E-state index in [-0.39, 0.29) is 41.5 Å². The van der Waals surface area contributed by atoms with E-state index in [0.29, 0.717) is 36.4 Å². The summed E-state index contributed by atoms with van der Waals surface area (Å²) in [5, 5.41) is 5.56. The molecule has 0 spiro atoms. The summed E-state index contributed by atoms with van der Waals surface area (Å²) in [6.45, 7) is 4.01. The van der Waals surface area contributed by atoms with Crippen LogP contribution in [0.1, 0.15) is 30.9 Å². The van der Waals surface area contributed by atoms with Gasteiger partial charge in [0.15, 0.2) is 6.10 Å². The number of sulfonamides is 1. The highest BCUT2D eigenvalue weighted by Gasteiger charge is 2.34. The monoisotopic (exact) mass is 475 g/mol. The van der Waals surface area contributed by atoms with Crippen LogP contribution < -0.4 is 15.4 Å². The molecule has 0 radical (unpaired) electrons. The molecule has 2 aliphatic rings. The van der Waals surface area contributed by atoms with E-state index in [1.54, 1.807) is 32.0 Å². The van der Waals surface area contributed by atoms with Gasteiger partial charge in [-0.25, -0.2) is 12.8 Å². The van der Waals surface area contributed by atoms with Gasteiger partial charge < -0.3 is 15.4 Å². The third-order valence-electron chi connectivity index (χ3n) is 6.03. The molecule has 33 heavy (non-hydrogen) atoms. The lowest BCUT2D eigenvalue weighted by Gasteiger charge is -2.31. The summed E-state index contributed by atoms with van der Waals surface area (Å²) in [5.74, 6) is -0.724. The molecule has 2 aromatic carbocycles. The van der Waals surface area contributed by atoms with Gasteiger partial charge in [-0.15, -0.1) is 0 Å². The molecule has 8 nitrogen and oxygen atoms in total. The zero-order valence-electron chi connectivity index (χ0n) is 18.4. The second-order valence-corrected chi connectivity index (χ2v) is 10.3. The largest absolute Gasteiger partial charge is 0.479 e. The van der Waals surface area contributed by atoms with Crippen molar-refractivity contribution in [2.45, 2.75) is 44.2 Å². The van der Waals surface area contributed by atoms with Crippen molar-refractivity contribution in [2.24, 2.45) is 5.92 Å². The van der Waals surface area contributed by atoms with Crippen molar-refractivity contribution in [3.05, 3.63) is 53.3 Å². The highest BCUT2D eigenvalue weighted by atomic mass is 32.2. The molecule has 0 aliphatic carbocycles. The number of aryl methyl sites for hydroxylation is 1. The SMILES string of the molecule is Cc1cc2c(cc1S(=O)(=O)N1CCC(C(=O)NCc3ccc(F)cc3)CC1)O[C@H](C)C(=O)N2. The minimum absolute atomic E-state index is 0.129. The predicted molar refractivity (Wildman–Crippen MR) is 120 cm³/mol. The van der Waals surface area contributed by atoms with Crippen LogP contribution in [0.25, 0.3) is 0 Å². The topological polar surface area (TPSA) is 105 Å². The van der Waals surface area contributed by atoms with Crippen molar-refractivity contribution in [1.82, 2.24) is 9.62 Å². The van der Waals surface area contributed by atoms with Crippen LogP contribution in [0, 0.1) is 18.7 Å². The van der Waals surface area contributed by atoms with Crippen LogP contribution in [-0.4, -0.2) is 43.7 Å². The molecule has 10 heteroatoms. The average Bonchev–Trinajstić information content (AvgIpc) is 2.79. The molecule has 0 aromatic heterocycles. The third-order valence-corrected chi connectivity index (χ3v) is 8.07. The lowest BCUT2D eigenvalue weighted by atomic mass is 9.97. The van der Waals surface area contributed by atoms with Gasteiger partial charge >= 0.3 is 0 Å². The number of rotatable bonds is 5. The quantitative estimate of drug-likeness (QED) is 0.692. The van der Waals surface area contributed by atoms with Crippen molar-refractivity contribution < 1.29 is 27.1 Å². The van der Waals surface area contributed by atoms with E-state index in [2.05, 4.69) is 10.6 Å². The first-order valence-corrected chi connectivity index (χ1v) is 12.2. The summed E-state index contributed by atoms with van der Waals surface area (Å²) in [6, 6.07) is 8.96. The molecule has 2 N–H and O–H groups in total. The van der Waals surface area contributed by atoms with Gasteiger partial charge in [-0.05, 0) is 56.0 Å². The molecule has 2 amide bonds. The Hall–Kier alpha value is -2.98. The number of hydrogen-bond donors (Lipinski definition) is 2. The molecule has 0 saturated carbocycles. The molecule has 0 unspecified atom stereocenters.